The lowest BCUT2D eigenvalue weighted by molar-refractivity contribution is 0.555. The van der Waals surface area contributed by atoms with Crippen molar-refractivity contribution in [3.8, 4) is 11.4 Å². The molecule has 0 aliphatic carbocycles. The molecule has 4 nitrogen and oxygen atoms in total. The Bertz CT molecular complexity index is 708. The molecule has 3 aromatic rings. The Morgan fingerprint density at radius 1 is 1.21 bits per heavy atom. The smallest absolute Gasteiger partial charge is 0.140 e. The van der Waals surface area contributed by atoms with Crippen LogP contribution in [0.5, 0.6) is 0 Å². The summed E-state index contributed by atoms with van der Waals surface area (Å²) in [5, 5.41) is 0. The van der Waals surface area contributed by atoms with Crippen LogP contribution in [0.15, 0.2) is 42.7 Å². The molecule has 0 saturated heterocycles. The summed E-state index contributed by atoms with van der Waals surface area (Å²) in [5.74, 6) is 0.829. The molecular formula is C15H16N4. The van der Waals surface area contributed by atoms with Crippen molar-refractivity contribution in [1.29, 1.82) is 0 Å². The number of nitrogens with zero attached hydrogens (tertiary/aromatic N) is 2. The first-order chi connectivity index (χ1) is 9.04. The van der Waals surface area contributed by atoms with E-state index in [4.69, 9.17) is 5.73 Å². The van der Waals surface area contributed by atoms with E-state index in [9.17, 15) is 0 Å². The Hall–Kier alpha value is -2.20. The predicted molar refractivity (Wildman–Crippen MR) is 76.5 cm³/mol. The molecule has 0 aliphatic rings. The Morgan fingerprint density at radius 2 is 2.05 bits per heavy atom. The number of hydrogen-bond donors (Lipinski definition) is 2. The highest BCUT2D eigenvalue weighted by atomic mass is 14.9. The molecule has 2 heterocycles. The van der Waals surface area contributed by atoms with Gasteiger partial charge in [0.25, 0.3) is 0 Å². The fourth-order valence-corrected chi connectivity index (χ4v) is 2.05. The molecule has 0 bridgehead atoms. The zero-order valence-electron chi connectivity index (χ0n) is 11.0. The molecule has 0 radical (unpaired) electrons. The van der Waals surface area contributed by atoms with Gasteiger partial charge in [-0.3, -0.25) is 4.98 Å². The third-order valence-corrected chi connectivity index (χ3v) is 3.16. The van der Waals surface area contributed by atoms with E-state index >= 15 is 0 Å². The fourth-order valence-electron chi connectivity index (χ4n) is 2.05. The highest BCUT2D eigenvalue weighted by molar-refractivity contribution is 5.80. The summed E-state index contributed by atoms with van der Waals surface area (Å²) >= 11 is 0. The Balaban J connectivity index is 2.12. The van der Waals surface area contributed by atoms with Gasteiger partial charge < -0.3 is 10.7 Å². The maximum absolute atomic E-state index is 6.12. The van der Waals surface area contributed by atoms with Gasteiger partial charge in [-0.2, -0.15) is 0 Å². The number of hydrogen-bond acceptors (Lipinski definition) is 3. The Labute approximate surface area is 111 Å². The molecule has 0 amide bonds. The van der Waals surface area contributed by atoms with Crippen molar-refractivity contribution in [2.75, 3.05) is 0 Å². The van der Waals surface area contributed by atoms with Gasteiger partial charge in [0.2, 0.25) is 0 Å². The maximum atomic E-state index is 6.12. The van der Waals surface area contributed by atoms with E-state index in [-0.39, 0.29) is 5.54 Å². The van der Waals surface area contributed by atoms with Crippen LogP contribution < -0.4 is 5.73 Å². The average molecular weight is 252 g/mol. The van der Waals surface area contributed by atoms with Crippen LogP contribution in [0.25, 0.3) is 22.4 Å². The first kappa shape index (κ1) is 11.9. The van der Waals surface area contributed by atoms with Crippen molar-refractivity contribution in [2.45, 2.75) is 19.4 Å². The minimum Gasteiger partial charge on any atom is -0.338 e. The zero-order valence-corrected chi connectivity index (χ0v) is 11.0. The molecule has 19 heavy (non-hydrogen) atoms. The number of rotatable bonds is 2. The first-order valence-corrected chi connectivity index (χ1v) is 6.23. The van der Waals surface area contributed by atoms with Crippen LogP contribution in [0.2, 0.25) is 0 Å². The van der Waals surface area contributed by atoms with Crippen molar-refractivity contribution in [3.05, 3.63) is 48.3 Å². The number of imidazole rings is 1. The topological polar surface area (TPSA) is 67.6 Å². The molecule has 0 unspecified atom stereocenters. The van der Waals surface area contributed by atoms with Crippen molar-refractivity contribution in [1.82, 2.24) is 15.0 Å². The number of aromatic amines is 1. The van der Waals surface area contributed by atoms with Crippen LogP contribution in [0, 0.1) is 0 Å². The largest absolute Gasteiger partial charge is 0.338 e. The lowest BCUT2D eigenvalue weighted by Gasteiger charge is -2.18. The van der Waals surface area contributed by atoms with E-state index in [0.717, 1.165) is 28.0 Å². The molecule has 2 aromatic heterocycles. The summed E-state index contributed by atoms with van der Waals surface area (Å²) < 4.78 is 0. The van der Waals surface area contributed by atoms with E-state index < -0.39 is 0 Å². The summed E-state index contributed by atoms with van der Waals surface area (Å²) in [7, 11) is 0. The van der Waals surface area contributed by atoms with Gasteiger partial charge in [0, 0.05) is 23.5 Å². The molecule has 0 saturated carbocycles. The lowest BCUT2D eigenvalue weighted by atomic mass is 9.95. The second-order valence-electron chi connectivity index (χ2n) is 5.28. The van der Waals surface area contributed by atoms with Gasteiger partial charge in [-0.25, -0.2) is 4.98 Å². The van der Waals surface area contributed by atoms with Gasteiger partial charge in [0.1, 0.15) is 5.82 Å². The van der Waals surface area contributed by atoms with E-state index in [0.29, 0.717) is 0 Å². The number of pyridine rings is 1. The van der Waals surface area contributed by atoms with Crippen LogP contribution in [0.3, 0.4) is 0 Å². The molecular weight excluding hydrogens is 236 g/mol. The molecule has 0 aliphatic heterocycles. The fraction of sp³-hybridized carbons (Fsp3) is 0.200. The summed E-state index contributed by atoms with van der Waals surface area (Å²) in [6.07, 6.45) is 3.55. The minimum absolute atomic E-state index is 0.353. The molecule has 3 rings (SSSR count). The monoisotopic (exact) mass is 252 g/mol. The molecule has 3 N–H and O–H groups in total. The molecule has 1 aromatic carbocycles. The second kappa shape index (κ2) is 4.17. The lowest BCUT2D eigenvalue weighted by Crippen LogP contribution is -2.28. The molecule has 0 fully saturated rings. The summed E-state index contributed by atoms with van der Waals surface area (Å²) in [6.45, 7) is 3.99. The number of H-pyrrole nitrogens is 1. The van der Waals surface area contributed by atoms with Gasteiger partial charge >= 0.3 is 0 Å². The summed E-state index contributed by atoms with van der Waals surface area (Å²) in [4.78, 5) is 12.0. The zero-order chi connectivity index (χ0) is 13.5. The first-order valence-electron chi connectivity index (χ1n) is 6.23. The Kier molecular flexibility index (Phi) is 2.61. The highest BCUT2D eigenvalue weighted by Gasteiger charge is 2.15. The van der Waals surface area contributed by atoms with Crippen molar-refractivity contribution in [3.63, 3.8) is 0 Å². The van der Waals surface area contributed by atoms with E-state index in [1.165, 1.54) is 0 Å². The van der Waals surface area contributed by atoms with Gasteiger partial charge in [-0.05, 0) is 43.7 Å². The Morgan fingerprint density at radius 3 is 2.74 bits per heavy atom. The molecule has 96 valence electrons. The number of fused-ring (bicyclic) bond motifs is 1. The predicted octanol–water partition coefficient (Wildman–Crippen LogP) is 2.82. The van der Waals surface area contributed by atoms with Gasteiger partial charge in [0.15, 0.2) is 0 Å². The van der Waals surface area contributed by atoms with Crippen molar-refractivity contribution >= 4 is 11.0 Å². The van der Waals surface area contributed by atoms with Crippen LogP contribution in [0.1, 0.15) is 19.4 Å². The number of nitrogens with two attached hydrogens (primary N) is 1. The van der Waals surface area contributed by atoms with Gasteiger partial charge in [0.05, 0.1) is 11.0 Å². The minimum atomic E-state index is -0.353. The van der Waals surface area contributed by atoms with Crippen molar-refractivity contribution < 1.29 is 0 Å². The maximum Gasteiger partial charge on any atom is 0.140 e. The highest BCUT2D eigenvalue weighted by Crippen LogP contribution is 2.24. The normalized spacial score (nSPS) is 11.9. The van der Waals surface area contributed by atoms with Crippen LogP contribution in [-0.2, 0) is 5.54 Å². The van der Waals surface area contributed by atoms with Crippen LogP contribution in [0.4, 0.5) is 0 Å². The number of nitrogens with one attached hydrogen (secondary N) is 1. The third kappa shape index (κ3) is 2.22. The third-order valence-electron chi connectivity index (χ3n) is 3.16. The van der Waals surface area contributed by atoms with Gasteiger partial charge in [-0.15, -0.1) is 0 Å². The van der Waals surface area contributed by atoms with E-state index in [1.807, 2.05) is 38.1 Å². The molecule has 0 spiro atoms. The van der Waals surface area contributed by atoms with Crippen LogP contribution >= 0.6 is 0 Å². The second-order valence-corrected chi connectivity index (χ2v) is 5.28. The SMILES string of the molecule is CC(C)(N)c1ccc2nc(-c3cccnc3)[nH]c2c1. The number of benzene rings is 1. The summed E-state index contributed by atoms with van der Waals surface area (Å²) in [6, 6.07) is 9.96. The van der Waals surface area contributed by atoms with E-state index in [1.54, 1.807) is 12.4 Å². The standard InChI is InChI=1S/C15H16N4/c1-15(2,16)11-5-6-12-13(8-11)19-14(18-12)10-4-3-7-17-9-10/h3-9H,16H2,1-2H3,(H,18,19). The number of aromatic nitrogens is 3. The quantitative estimate of drug-likeness (QED) is 0.737. The van der Waals surface area contributed by atoms with Gasteiger partial charge in [-0.1, -0.05) is 6.07 Å². The van der Waals surface area contributed by atoms with E-state index in [2.05, 4.69) is 21.0 Å². The molecule has 4 heteroatoms. The van der Waals surface area contributed by atoms with Crippen molar-refractivity contribution in [2.24, 2.45) is 5.73 Å². The molecule has 0 atom stereocenters. The average Bonchev–Trinajstić information content (AvgIpc) is 2.81. The van der Waals surface area contributed by atoms with Crippen LogP contribution in [-0.4, -0.2) is 15.0 Å². The summed E-state index contributed by atoms with van der Waals surface area (Å²) in [5.41, 5.74) is 9.76.